The first-order valence-corrected chi connectivity index (χ1v) is 14.1. The molecule has 0 saturated carbocycles. The number of halogens is 1. The molecule has 6 rings (SSSR count). The van der Waals surface area contributed by atoms with Crippen LogP contribution >= 0.6 is 11.6 Å². The molecule has 0 radical (unpaired) electrons. The number of nitrogens with one attached hydrogen (secondary N) is 2. The van der Waals surface area contributed by atoms with Gasteiger partial charge >= 0.3 is 0 Å². The van der Waals surface area contributed by atoms with Gasteiger partial charge in [-0.3, -0.25) is 14.5 Å². The van der Waals surface area contributed by atoms with Crippen molar-refractivity contribution in [2.75, 3.05) is 17.2 Å². The summed E-state index contributed by atoms with van der Waals surface area (Å²) >= 11 is 6.56. The zero-order valence-corrected chi connectivity index (χ0v) is 23.6. The van der Waals surface area contributed by atoms with Crippen LogP contribution in [0.2, 0.25) is 5.02 Å². The average Bonchev–Trinajstić information content (AvgIpc) is 3.47. The number of nitrogens with zero attached hydrogens (tertiary/aromatic N) is 5. The van der Waals surface area contributed by atoms with Crippen molar-refractivity contribution < 1.29 is 4.79 Å². The summed E-state index contributed by atoms with van der Waals surface area (Å²) in [6.07, 6.45) is 7.30. The van der Waals surface area contributed by atoms with Gasteiger partial charge in [-0.2, -0.15) is 0 Å². The summed E-state index contributed by atoms with van der Waals surface area (Å²) in [7, 11) is 0. The standard InChI is InChI=1S/C32H29ClN8O/c33-28-16-21(8-10-24(28)22-6-2-1-3-7-22)18-37-30-20-41(40-39-30)15-5-4-13-36-32-26-12-14-35-19-27(26)25-11-9-23(31(34)42)17-29(25)38-32/h1-3,6-12,14,16-17,19-20,37H,4-5,13,15,18H2,(H2,34,42)(H,36,38). The third kappa shape index (κ3) is 6.01. The second-order valence-electron chi connectivity index (χ2n) is 10.0. The van der Waals surface area contributed by atoms with Crippen LogP contribution in [0, 0.1) is 0 Å². The highest BCUT2D eigenvalue weighted by molar-refractivity contribution is 6.33. The number of aromatic nitrogens is 5. The highest BCUT2D eigenvalue weighted by Crippen LogP contribution is 2.30. The summed E-state index contributed by atoms with van der Waals surface area (Å²) in [4.78, 5) is 20.7. The Morgan fingerprint density at radius 3 is 2.64 bits per heavy atom. The molecule has 0 spiro atoms. The van der Waals surface area contributed by atoms with Gasteiger partial charge in [-0.25, -0.2) is 4.98 Å². The van der Waals surface area contributed by atoms with E-state index >= 15 is 0 Å². The number of aryl methyl sites for hydroxylation is 1. The van der Waals surface area contributed by atoms with E-state index in [1.807, 2.05) is 59.5 Å². The van der Waals surface area contributed by atoms with Gasteiger partial charge in [0.05, 0.1) is 11.7 Å². The van der Waals surface area contributed by atoms with Crippen LogP contribution in [0.3, 0.4) is 0 Å². The normalized spacial score (nSPS) is 11.2. The molecule has 42 heavy (non-hydrogen) atoms. The number of carbonyl (C=O) groups is 1. The van der Waals surface area contributed by atoms with Crippen molar-refractivity contribution in [3.8, 4) is 11.1 Å². The Kier molecular flexibility index (Phi) is 7.91. The topological polar surface area (TPSA) is 124 Å². The van der Waals surface area contributed by atoms with Gasteiger partial charge in [-0.1, -0.05) is 65.3 Å². The lowest BCUT2D eigenvalue weighted by atomic mass is 10.0. The molecule has 0 atom stereocenters. The predicted molar refractivity (Wildman–Crippen MR) is 168 cm³/mol. The van der Waals surface area contributed by atoms with Gasteiger partial charge in [0.25, 0.3) is 0 Å². The molecule has 3 aromatic heterocycles. The Balaban J connectivity index is 1.01. The number of anilines is 2. The monoisotopic (exact) mass is 576 g/mol. The molecule has 0 aliphatic heterocycles. The number of nitrogens with two attached hydrogens (primary N) is 1. The highest BCUT2D eigenvalue weighted by atomic mass is 35.5. The number of benzene rings is 3. The van der Waals surface area contributed by atoms with E-state index in [2.05, 4.69) is 44.1 Å². The molecule has 9 nitrogen and oxygen atoms in total. The van der Waals surface area contributed by atoms with Gasteiger partial charge in [-0.05, 0) is 48.2 Å². The van der Waals surface area contributed by atoms with Crippen LogP contribution < -0.4 is 16.4 Å². The van der Waals surface area contributed by atoms with Crippen molar-refractivity contribution in [1.29, 1.82) is 0 Å². The van der Waals surface area contributed by atoms with Crippen LogP contribution in [0.4, 0.5) is 11.6 Å². The van der Waals surface area contributed by atoms with Crippen LogP contribution in [0.1, 0.15) is 28.8 Å². The number of unbranched alkanes of at least 4 members (excludes halogenated alkanes) is 1. The molecule has 0 fully saturated rings. The van der Waals surface area contributed by atoms with Crippen LogP contribution in [-0.2, 0) is 13.1 Å². The van der Waals surface area contributed by atoms with E-state index < -0.39 is 5.91 Å². The fourth-order valence-electron chi connectivity index (χ4n) is 4.94. The van der Waals surface area contributed by atoms with E-state index in [0.29, 0.717) is 23.4 Å². The second-order valence-corrected chi connectivity index (χ2v) is 10.4. The number of hydrogen-bond donors (Lipinski definition) is 3. The number of rotatable bonds is 11. The Morgan fingerprint density at radius 2 is 1.81 bits per heavy atom. The third-order valence-electron chi connectivity index (χ3n) is 7.12. The van der Waals surface area contributed by atoms with Crippen LogP contribution in [-0.4, -0.2) is 37.4 Å². The van der Waals surface area contributed by atoms with E-state index in [0.717, 1.165) is 69.6 Å². The summed E-state index contributed by atoms with van der Waals surface area (Å²) in [5, 5.41) is 18.9. The third-order valence-corrected chi connectivity index (χ3v) is 7.43. The Labute approximate surface area is 247 Å². The molecule has 0 aliphatic carbocycles. The molecule has 0 unspecified atom stereocenters. The summed E-state index contributed by atoms with van der Waals surface area (Å²) in [6.45, 7) is 2.07. The van der Waals surface area contributed by atoms with Crippen molar-refractivity contribution in [3.63, 3.8) is 0 Å². The Morgan fingerprint density at radius 1 is 0.929 bits per heavy atom. The van der Waals surface area contributed by atoms with Crippen molar-refractivity contribution in [1.82, 2.24) is 25.0 Å². The van der Waals surface area contributed by atoms with Gasteiger partial charge < -0.3 is 16.4 Å². The molecule has 10 heteroatoms. The van der Waals surface area contributed by atoms with Gasteiger partial charge in [0.2, 0.25) is 5.91 Å². The quantitative estimate of drug-likeness (QED) is 0.122. The number of carbonyl (C=O) groups excluding carboxylic acids is 1. The fraction of sp³-hybridized carbons (Fsp3) is 0.156. The molecule has 0 aliphatic rings. The van der Waals surface area contributed by atoms with Crippen molar-refractivity contribution in [3.05, 3.63) is 108 Å². The molecular formula is C32H29ClN8O. The number of fused-ring (bicyclic) bond motifs is 3. The number of hydrogen-bond acceptors (Lipinski definition) is 7. The average molecular weight is 577 g/mol. The minimum Gasteiger partial charge on any atom is -0.370 e. The van der Waals surface area contributed by atoms with Crippen molar-refractivity contribution in [2.45, 2.75) is 25.9 Å². The molecule has 3 aromatic carbocycles. The van der Waals surface area contributed by atoms with Crippen LogP contribution in [0.15, 0.2) is 91.4 Å². The lowest BCUT2D eigenvalue weighted by molar-refractivity contribution is 0.100. The first-order chi connectivity index (χ1) is 20.5. The van der Waals surface area contributed by atoms with E-state index in [-0.39, 0.29) is 0 Å². The molecule has 0 saturated heterocycles. The minimum atomic E-state index is -0.479. The number of primary amides is 1. The molecule has 0 bridgehead atoms. The van der Waals surface area contributed by atoms with Gasteiger partial charge in [-0.15, -0.1) is 5.10 Å². The van der Waals surface area contributed by atoms with E-state index in [4.69, 9.17) is 22.3 Å². The van der Waals surface area contributed by atoms with E-state index in [1.54, 1.807) is 18.3 Å². The molecule has 6 aromatic rings. The molecule has 1 amide bonds. The number of amides is 1. The fourth-order valence-corrected chi connectivity index (χ4v) is 5.26. The van der Waals surface area contributed by atoms with Gasteiger partial charge in [0, 0.05) is 64.3 Å². The SMILES string of the molecule is NC(=O)c1ccc2c(c1)nc(NCCCCn1cc(NCc3ccc(-c4ccccc4)c(Cl)c3)nn1)c1ccncc12. The van der Waals surface area contributed by atoms with Gasteiger partial charge in [0.1, 0.15) is 5.82 Å². The summed E-state index contributed by atoms with van der Waals surface area (Å²) in [6, 6.07) is 23.5. The predicted octanol–water partition coefficient (Wildman–Crippen LogP) is 6.30. The lowest BCUT2D eigenvalue weighted by Crippen LogP contribution is -2.11. The smallest absolute Gasteiger partial charge is 0.248 e. The minimum absolute atomic E-state index is 0.427. The summed E-state index contributed by atoms with van der Waals surface area (Å²) in [5.74, 6) is 0.991. The maximum atomic E-state index is 11.7. The zero-order chi connectivity index (χ0) is 28.9. The second kappa shape index (κ2) is 12.2. The molecule has 210 valence electrons. The lowest BCUT2D eigenvalue weighted by Gasteiger charge is -2.12. The summed E-state index contributed by atoms with van der Waals surface area (Å²) < 4.78 is 1.84. The first-order valence-electron chi connectivity index (χ1n) is 13.7. The largest absolute Gasteiger partial charge is 0.370 e. The Bertz CT molecular complexity index is 1870. The van der Waals surface area contributed by atoms with Crippen molar-refractivity contribution >= 4 is 50.8 Å². The zero-order valence-electron chi connectivity index (χ0n) is 22.8. The Hall–Kier alpha value is -5.02. The maximum Gasteiger partial charge on any atom is 0.248 e. The van der Waals surface area contributed by atoms with E-state index in [1.165, 1.54) is 0 Å². The molecule has 4 N–H and O–H groups in total. The van der Waals surface area contributed by atoms with Crippen molar-refractivity contribution in [2.24, 2.45) is 5.73 Å². The van der Waals surface area contributed by atoms with Crippen LogP contribution in [0.5, 0.6) is 0 Å². The summed E-state index contributed by atoms with van der Waals surface area (Å²) in [5.41, 5.74) is 9.78. The molecule has 3 heterocycles. The highest BCUT2D eigenvalue weighted by Gasteiger charge is 2.11. The van der Waals surface area contributed by atoms with E-state index in [9.17, 15) is 4.79 Å². The maximum absolute atomic E-state index is 11.7. The molecular weight excluding hydrogens is 548 g/mol. The van der Waals surface area contributed by atoms with Gasteiger partial charge in [0.15, 0.2) is 5.82 Å². The number of pyridine rings is 2. The van der Waals surface area contributed by atoms with Crippen LogP contribution in [0.25, 0.3) is 32.8 Å². The first kappa shape index (κ1) is 27.2.